The van der Waals surface area contributed by atoms with Crippen LogP contribution in [0.15, 0.2) is 0 Å². The minimum absolute atomic E-state index is 0.114. The van der Waals surface area contributed by atoms with Crippen LogP contribution in [0, 0.1) is 5.92 Å². The number of amides is 1. The monoisotopic (exact) mass is 235 g/mol. The fourth-order valence-corrected chi connectivity index (χ4v) is 1.64. The van der Waals surface area contributed by atoms with Crippen LogP contribution in [0.5, 0.6) is 0 Å². The molecule has 0 aromatic carbocycles. The lowest BCUT2D eigenvalue weighted by atomic mass is 9.94. The summed E-state index contributed by atoms with van der Waals surface area (Å²) in [5, 5.41) is 1.34. The average Bonchev–Trinajstić information content (AvgIpc) is 2.09. The second kappa shape index (κ2) is 4.82. The van der Waals surface area contributed by atoms with E-state index in [1.165, 1.54) is 17.9 Å². The summed E-state index contributed by atoms with van der Waals surface area (Å²) in [5.41, 5.74) is 0. The van der Waals surface area contributed by atoms with Crippen LogP contribution in [-0.4, -0.2) is 17.5 Å². The molecule has 1 aliphatic rings. The van der Waals surface area contributed by atoms with Crippen molar-refractivity contribution in [1.82, 2.24) is 5.06 Å². The number of carbonyl (C=O) groups excluding carboxylic acids is 1. The smallest absolute Gasteiger partial charge is 0.252 e. The highest BCUT2D eigenvalue weighted by atomic mass is 79.9. The Hall–Kier alpha value is -0.0900. The van der Waals surface area contributed by atoms with Crippen molar-refractivity contribution in [2.45, 2.75) is 32.6 Å². The molecule has 0 bridgehead atoms. The Bertz CT molecular complexity index is 163. The van der Waals surface area contributed by atoms with Gasteiger partial charge in [-0.05, 0) is 6.42 Å². The van der Waals surface area contributed by atoms with Gasteiger partial charge in [-0.2, -0.15) is 3.93 Å². The molecular formula is C8H14BrNO2. The lowest BCUT2D eigenvalue weighted by Gasteiger charge is -2.34. The number of hydrogen-bond acceptors (Lipinski definition) is 2. The Labute approximate surface area is 81.5 Å². The molecule has 0 saturated carbocycles. The van der Waals surface area contributed by atoms with Gasteiger partial charge in [0.25, 0.3) is 5.91 Å². The van der Waals surface area contributed by atoms with Crippen molar-refractivity contribution in [2.24, 2.45) is 5.92 Å². The van der Waals surface area contributed by atoms with Gasteiger partial charge >= 0.3 is 0 Å². The van der Waals surface area contributed by atoms with Gasteiger partial charge in [-0.15, -0.1) is 0 Å². The third-order valence-electron chi connectivity index (χ3n) is 2.22. The third-order valence-corrected chi connectivity index (χ3v) is 2.57. The van der Waals surface area contributed by atoms with Gasteiger partial charge in [-0.25, -0.2) is 5.06 Å². The molecule has 70 valence electrons. The van der Waals surface area contributed by atoms with Crippen LogP contribution in [0.25, 0.3) is 0 Å². The van der Waals surface area contributed by atoms with E-state index in [2.05, 4.69) is 27.1 Å². The summed E-state index contributed by atoms with van der Waals surface area (Å²) in [6, 6.07) is 0. The molecule has 1 rings (SSSR count). The average molecular weight is 236 g/mol. The number of unbranched alkanes of at least 4 members (excludes halogenated alkanes) is 2. The van der Waals surface area contributed by atoms with E-state index >= 15 is 0 Å². The maximum atomic E-state index is 11.2. The highest BCUT2D eigenvalue weighted by Crippen LogP contribution is 2.24. The molecule has 0 radical (unpaired) electrons. The highest BCUT2D eigenvalue weighted by Gasteiger charge is 2.36. The summed E-state index contributed by atoms with van der Waals surface area (Å²) >= 11 is 2.78. The van der Waals surface area contributed by atoms with Gasteiger partial charge in [0.15, 0.2) is 0 Å². The zero-order valence-corrected chi connectivity index (χ0v) is 8.84. The summed E-state index contributed by atoms with van der Waals surface area (Å²) < 4.78 is 4.63. The van der Waals surface area contributed by atoms with Crippen LogP contribution < -0.4 is 0 Å². The summed E-state index contributed by atoms with van der Waals surface area (Å²) in [6.45, 7) is 2.91. The topological polar surface area (TPSA) is 29.5 Å². The second-order valence-corrected chi connectivity index (χ2v) is 3.45. The largest absolute Gasteiger partial charge is 0.272 e. The molecule has 0 aromatic heterocycles. The van der Waals surface area contributed by atoms with E-state index in [-0.39, 0.29) is 11.8 Å². The molecule has 0 spiro atoms. The highest BCUT2D eigenvalue weighted by molar-refractivity contribution is 9.05. The predicted octanol–water partition coefficient (Wildman–Crippen LogP) is 2.27. The van der Waals surface area contributed by atoms with E-state index in [9.17, 15) is 4.79 Å². The second-order valence-electron chi connectivity index (χ2n) is 3.16. The van der Waals surface area contributed by atoms with Gasteiger partial charge in [-0.3, -0.25) is 4.79 Å². The number of carbonyl (C=O) groups is 1. The Morgan fingerprint density at radius 3 is 2.92 bits per heavy atom. The Morgan fingerprint density at radius 2 is 2.42 bits per heavy atom. The van der Waals surface area contributed by atoms with Gasteiger partial charge in [0, 0.05) is 0 Å². The first kappa shape index (κ1) is 9.99. The standard InChI is InChI=1S/C8H14BrNO2/c1-2-3-4-5-7-6-10(12-9)8(7)11/h7H,2-6H2,1H3/t7-/m1/s1. The summed E-state index contributed by atoms with van der Waals surface area (Å²) in [6.07, 6.45) is 4.60. The van der Waals surface area contributed by atoms with Crippen LogP contribution in [-0.2, 0) is 8.72 Å². The van der Waals surface area contributed by atoms with Gasteiger partial charge in [0.1, 0.15) is 16.3 Å². The van der Waals surface area contributed by atoms with E-state index in [0.29, 0.717) is 0 Å². The van der Waals surface area contributed by atoms with Crippen molar-refractivity contribution in [1.29, 1.82) is 0 Å². The molecule has 1 aliphatic heterocycles. The third kappa shape index (κ3) is 2.20. The number of hydroxylamine groups is 2. The summed E-state index contributed by atoms with van der Waals surface area (Å²) in [4.78, 5) is 11.2. The molecule has 0 unspecified atom stereocenters. The number of rotatable bonds is 5. The summed E-state index contributed by atoms with van der Waals surface area (Å²) in [7, 11) is 0. The van der Waals surface area contributed by atoms with Crippen molar-refractivity contribution in [3.63, 3.8) is 0 Å². The number of β-lactam (4-membered cyclic amide) rings is 1. The molecular weight excluding hydrogens is 222 g/mol. The normalized spacial score (nSPS) is 22.7. The fourth-order valence-electron chi connectivity index (χ4n) is 1.38. The first-order chi connectivity index (χ1) is 5.79. The zero-order chi connectivity index (χ0) is 8.97. The minimum atomic E-state index is 0.114. The Kier molecular flexibility index (Phi) is 4.01. The lowest BCUT2D eigenvalue weighted by molar-refractivity contribution is -0.180. The molecule has 1 heterocycles. The molecule has 4 heteroatoms. The molecule has 3 nitrogen and oxygen atoms in total. The maximum Gasteiger partial charge on any atom is 0.252 e. The van der Waals surface area contributed by atoms with Gasteiger partial charge in [0.05, 0.1) is 12.5 Å². The van der Waals surface area contributed by atoms with E-state index in [4.69, 9.17) is 0 Å². The van der Waals surface area contributed by atoms with Crippen LogP contribution in [0.2, 0.25) is 0 Å². The molecule has 0 aromatic rings. The van der Waals surface area contributed by atoms with Crippen LogP contribution in [0.3, 0.4) is 0 Å². The van der Waals surface area contributed by atoms with Crippen LogP contribution >= 0.6 is 16.3 Å². The van der Waals surface area contributed by atoms with Gasteiger partial charge in [0.2, 0.25) is 0 Å². The lowest BCUT2D eigenvalue weighted by Crippen LogP contribution is -2.50. The molecule has 1 saturated heterocycles. The number of nitrogens with zero attached hydrogens (tertiary/aromatic N) is 1. The Balaban J connectivity index is 2.09. The quantitative estimate of drug-likeness (QED) is 0.541. The molecule has 0 N–H and O–H groups in total. The van der Waals surface area contributed by atoms with Crippen molar-refractivity contribution in [3.05, 3.63) is 0 Å². The number of hydrogen-bond donors (Lipinski definition) is 0. The fraction of sp³-hybridized carbons (Fsp3) is 0.875. The van der Waals surface area contributed by atoms with E-state index in [1.54, 1.807) is 0 Å². The van der Waals surface area contributed by atoms with E-state index in [0.717, 1.165) is 19.4 Å². The Morgan fingerprint density at radius 1 is 1.67 bits per heavy atom. The molecule has 1 atom stereocenters. The molecule has 1 amide bonds. The van der Waals surface area contributed by atoms with Crippen molar-refractivity contribution in [3.8, 4) is 0 Å². The number of halogens is 1. The maximum absolute atomic E-state index is 11.2. The first-order valence-corrected chi connectivity index (χ1v) is 5.04. The van der Waals surface area contributed by atoms with E-state index < -0.39 is 0 Å². The van der Waals surface area contributed by atoms with Crippen molar-refractivity contribution in [2.75, 3.05) is 6.54 Å². The predicted molar refractivity (Wildman–Crippen MR) is 49.4 cm³/mol. The van der Waals surface area contributed by atoms with Gasteiger partial charge in [-0.1, -0.05) is 26.2 Å². The SMILES string of the molecule is CCCCC[C@@H]1CN(OBr)C1=O. The molecule has 12 heavy (non-hydrogen) atoms. The van der Waals surface area contributed by atoms with Gasteiger partial charge < -0.3 is 0 Å². The minimum Gasteiger partial charge on any atom is -0.272 e. The molecule has 1 fully saturated rings. The van der Waals surface area contributed by atoms with Crippen molar-refractivity contribution >= 4 is 22.2 Å². The summed E-state index contributed by atoms with van der Waals surface area (Å²) in [5.74, 6) is 0.331. The first-order valence-electron chi connectivity index (χ1n) is 4.39. The zero-order valence-electron chi connectivity index (χ0n) is 7.25. The van der Waals surface area contributed by atoms with E-state index in [1.807, 2.05) is 0 Å². The molecule has 0 aliphatic carbocycles. The van der Waals surface area contributed by atoms with Crippen LogP contribution in [0.4, 0.5) is 0 Å². The van der Waals surface area contributed by atoms with Crippen LogP contribution in [0.1, 0.15) is 32.6 Å². The van der Waals surface area contributed by atoms with Crippen molar-refractivity contribution < 1.29 is 8.72 Å².